The molecule has 2 heteroatoms. The number of carbonyl (C=O) groups excluding carboxylic acids is 2. The first-order valence-electron chi connectivity index (χ1n) is 12.5. The zero-order valence-corrected chi connectivity index (χ0v) is 20.0. The van der Waals surface area contributed by atoms with E-state index in [4.69, 9.17) is 0 Å². The Balaban J connectivity index is 1.56. The molecule has 0 fully saturated rings. The quantitative estimate of drug-likeness (QED) is 0.349. The summed E-state index contributed by atoms with van der Waals surface area (Å²) in [7, 11) is 0. The molecule has 0 radical (unpaired) electrons. The van der Waals surface area contributed by atoms with E-state index in [2.05, 4.69) is 26.0 Å². The Hall–Kier alpha value is -3.52. The Bertz CT molecular complexity index is 1230. The highest BCUT2D eigenvalue weighted by Crippen LogP contribution is 2.43. The van der Waals surface area contributed by atoms with Crippen LogP contribution in [0.4, 0.5) is 0 Å². The van der Waals surface area contributed by atoms with Crippen molar-refractivity contribution in [2.24, 2.45) is 0 Å². The second-order valence-corrected chi connectivity index (χ2v) is 9.24. The first-order valence-corrected chi connectivity index (χ1v) is 12.5. The lowest BCUT2D eigenvalue weighted by molar-refractivity contribution is 0.105. The first-order chi connectivity index (χ1) is 16.7. The van der Waals surface area contributed by atoms with E-state index >= 15 is 0 Å². The van der Waals surface area contributed by atoms with Crippen LogP contribution in [0.2, 0.25) is 0 Å². The van der Waals surface area contributed by atoms with Crippen LogP contribution >= 0.6 is 0 Å². The number of fused-ring (bicyclic) bond motifs is 2. The molecule has 0 spiro atoms. The van der Waals surface area contributed by atoms with E-state index in [1.54, 1.807) is 0 Å². The van der Waals surface area contributed by atoms with Gasteiger partial charge in [0.2, 0.25) is 0 Å². The molecule has 170 valence electrons. The van der Waals surface area contributed by atoms with Gasteiger partial charge in [-0.2, -0.15) is 0 Å². The fourth-order valence-electron chi connectivity index (χ4n) is 5.34. The number of hydrogen-bond acceptors (Lipinski definition) is 2. The van der Waals surface area contributed by atoms with E-state index in [-0.39, 0.29) is 11.6 Å². The molecule has 5 rings (SSSR count). The smallest absolute Gasteiger partial charge is 0.194 e. The van der Waals surface area contributed by atoms with Gasteiger partial charge in [0.15, 0.2) is 11.6 Å². The average Bonchev–Trinajstić information content (AvgIpc) is 3.32. The van der Waals surface area contributed by atoms with Crippen molar-refractivity contribution in [3.63, 3.8) is 0 Å². The molecule has 2 aliphatic carbocycles. The van der Waals surface area contributed by atoms with E-state index in [1.165, 1.54) is 0 Å². The summed E-state index contributed by atoms with van der Waals surface area (Å²) in [6, 6.07) is 24.0. The third-order valence-corrected chi connectivity index (χ3v) is 7.07. The SMILES string of the molecule is CCCCC1=C(c2ccc(C3=C(CCCC)c4ccccc4C3=O)cc2)C(=O)c2ccccc21. The minimum atomic E-state index is 0.113. The summed E-state index contributed by atoms with van der Waals surface area (Å²) in [6.07, 6.45) is 6.08. The van der Waals surface area contributed by atoms with E-state index in [0.717, 1.165) is 94.2 Å². The number of allylic oxidation sites excluding steroid dienone is 4. The number of Topliss-reactive ketones (excluding diaryl/α,β-unsaturated/α-hetero) is 2. The van der Waals surface area contributed by atoms with Crippen LogP contribution in [0, 0.1) is 0 Å². The van der Waals surface area contributed by atoms with Crippen molar-refractivity contribution < 1.29 is 9.59 Å². The van der Waals surface area contributed by atoms with Gasteiger partial charge < -0.3 is 0 Å². The monoisotopic (exact) mass is 446 g/mol. The van der Waals surface area contributed by atoms with Crippen LogP contribution in [0.1, 0.15) is 95.3 Å². The minimum Gasteiger partial charge on any atom is -0.289 e. The van der Waals surface area contributed by atoms with Crippen LogP contribution in [-0.4, -0.2) is 11.6 Å². The molecule has 0 saturated heterocycles. The van der Waals surface area contributed by atoms with E-state index in [9.17, 15) is 9.59 Å². The molecule has 0 atom stereocenters. The molecule has 2 nitrogen and oxygen atoms in total. The zero-order chi connectivity index (χ0) is 23.7. The highest BCUT2D eigenvalue weighted by molar-refractivity contribution is 6.41. The minimum absolute atomic E-state index is 0.113. The Morgan fingerprint density at radius 2 is 0.853 bits per heavy atom. The van der Waals surface area contributed by atoms with Gasteiger partial charge in [-0.05, 0) is 59.1 Å². The molecule has 0 amide bonds. The van der Waals surface area contributed by atoms with Crippen LogP contribution < -0.4 is 0 Å². The molecule has 3 aromatic rings. The maximum absolute atomic E-state index is 13.4. The summed E-state index contributed by atoms with van der Waals surface area (Å²) in [5.41, 5.74) is 9.59. The van der Waals surface area contributed by atoms with Gasteiger partial charge in [-0.25, -0.2) is 0 Å². The summed E-state index contributed by atoms with van der Waals surface area (Å²) < 4.78 is 0. The van der Waals surface area contributed by atoms with Gasteiger partial charge >= 0.3 is 0 Å². The third-order valence-electron chi connectivity index (χ3n) is 7.07. The van der Waals surface area contributed by atoms with Crippen LogP contribution in [0.3, 0.4) is 0 Å². The van der Waals surface area contributed by atoms with E-state index < -0.39 is 0 Å². The van der Waals surface area contributed by atoms with Gasteiger partial charge in [0.05, 0.1) is 0 Å². The first kappa shape index (κ1) is 22.3. The third kappa shape index (κ3) is 3.68. The summed E-state index contributed by atoms with van der Waals surface area (Å²) in [4.78, 5) is 26.7. The maximum atomic E-state index is 13.4. The molecule has 0 aromatic heterocycles. The van der Waals surface area contributed by atoms with E-state index in [0.29, 0.717) is 0 Å². The second kappa shape index (κ2) is 9.38. The predicted octanol–water partition coefficient (Wildman–Crippen LogP) is 8.28. The Morgan fingerprint density at radius 3 is 1.21 bits per heavy atom. The lowest BCUT2D eigenvalue weighted by atomic mass is 9.92. The number of ketones is 2. The van der Waals surface area contributed by atoms with Gasteiger partial charge in [0, 0.05) is 22.3 Å². The van der Waals surface area contributed by atoms with Crippen LogP contribution in [-0.2, 0) is 0 Å². The van der Waals surface area contributed by atoms with Gasteiger partial charge in [-0.15, -0.1) is 0 Å². The summed E-state index contributed by atoms with van der Waals surface area (Å²) in [6.45, 7) is 4.36. The highest BCUT2D eigenvalue weighted by atomic mass is 16.1. The lowest BCUT2D eigenvalue weighted by Gasteiger charge is -2.11. The van der Waals surface area contributed by atoms with Gasteiger partial charge in [0.1, 0.15) is 0 Å². The van der Waals surface area contributed by atoms with Crippen molar-refractivity contribution in [3.05, 3.63) is 106 Å². The van der Waals surface area contributed by atoms with Gasteiger partial charge in [0.25, 0.3) is 0 Å². The van der Waals surface area contributed by atoms with Crippen molar-refractivity contribution in [2.45, 2.75) is 52.4 Å². The second-order valence-electron chi connectivity index (χ2n) is 9.24. The Morgan fingerprint density at radius 1 is 0.500 bits per heavy atom. The number of rotatable bonds is 8. The number of carbonyl (C=O) groups is 2. The summed E-state index contributed by atoms with van der Waals surface area (Å²) in [5, 5.41) is 0. The predicted molar refractivity (Wildman–Crippen MR) is 141 cm³/mol. The molecular weight excluding hydrogens is 416 g/mol. The molecule has 0 aliphatic heterocycles. The van der Waals surface area contributed by atoms with Crippen LogP contribution in [0.25, 0.3) is 22.3 Å². The van der Waals surface area contributed by atoms with Crippen molar-refractivity contribution in [1.29, 1.82) is 0 Å². The topological polar surface area (TPSA) is 34.1 Å². The molecule has 0 heterocycles. The summed E-state index contributed by atoms with van der Waals surface area (Å²) in [5.74, 6) is 0.225. The van der Waals surface area contributed by atoms with Crippen molar-refractivity contribution >= 4 is 33.9 Å². The molecule has 0 unspecified atom stereocenters. The Labute approximate surface area is 202 Å². The van der Waals surface area contributed by atoms with Crippen molar-refractivity contribution in [1.82, 2.24) is 0 Å². The van der Waals surface area contributed by atoms with Gasteiger partial charge in [-0.1, -0.05) is 99.5 Å². The molecule has 34 heavy (non-hydrogen) atoms. The lowest BCUT2D eigenvalue weighted by Crippen LogP contribution is -2.00. The fraction of sp³-hybridized carbons (Fsp3) is 0.250. The summed E-state index contributed by atoms with van der Waals surface area (Å²) >= 11 is 0. The molecule has 0 bridgehead atoms. The molecule has 3 aromatic carbocycles. The van der Waals surface area contributed by atoms with Crippen LogP contribution in [0.5, 0.6) is 0 Å². The molecule has 0 N–H and O–H groups in total. The molecular formula is C32H30O2. The average molecular weight is 447 g/mol. The van der Waals surface area contributed by atoms with E-state index in [1.807, 2.05) is 60.7 Å². The van der Waals surface area contributed by atoms with Gasteiger partial charge in [-0.3, -0.25) is 9.59 Å². The highest BCUT2D eigenvalue weighted by Gasteiger charge is 2.31. The zero-order valence-electron chi connectivity index (χ0n) is 20.0. The molecule has 2 aliphatic rings. The maximum Gasteiger partial charge on any atom is 0.194 e. The van der Waals surface area contributed by atoms with Crippen LogP contribution in [0.15, 0.2) is 72.8 Å². The Kier molecular flexibility index (Phi) is 6.15. The fourth-order valence-corrected chi connectivity index (χ4v) is 5.34. The number of unbranched alkanes of at least 4 members (excludes halogenated alkanes) is 2. The number of hydrogen-bond donors (Lipinski definition) is 0. The normalized spacial score (nSPS) is 14.8. The van der Waals surface area contributed by atoms with Crippen molar-refractivity contribution in [2.75, 3.05) is 0 Å². The standard InChI is InChI=1S/C32H30O2/c1-3-5-11-25-23-13-7-9-15-27(23)31(33)29(25)21-17-19-22(20-18-21)30-26(12-6-4-2)24-14-8-10-16-28(24)32(30)34/h7-10,13-20H,3-6,11-12H2,1-2H3. The largest absolute Gasteiger partial charge is 0.289 e. The molecule has 0 saturated carbocycles. The number of benzene rings is 3. The van der Waals surface area contributed by atoms with Crippen molar-refractivity contribution in [3.8, 4) is 0 Å².